The van der Waals surface area contributed by atoms with Crippen LogP contribution in [0.4, 0.5) is 0 Å². The van der Waals surface area contributed by atoms with Gasteiger partial charge < -0.3 is 9.80 Å². The molecule has 0 aliphatic carbocycles. The Balaban J connectivity index is 1.49. The van der Waals surface area contributed by atoms with E-state index in [0.29, 0.717) is 11.3 Å². The molecule has 1 aromatic rings. The van der Waals surface area contributed by atoms with E-state index in [2.05, 4.69) is 34.0 Å². The molecule has 0 bridgehead atoms. The first kappa shape index (κ1) is 19.7. The third-order valence-corrected chi connectivity index (χ3v) is 7.35. The Labute approximate surface area is 162 Å². The Hall–Kier alpha value is -1.07. The van der Waals surface area contributed by atoms with E-state index in [4.69, 9.17) is 0 Å². The average Bonchev–Trinajstić information content (AvgIpc) is 2.69. The van der Waals surface area contributed by atoms with Crippen LogP contribution in [0.15, 0.2) is 24.5 Å². The molecule has 1 spiro atoms. The van der Waals surface area contributed by atoms with Crippen molar-refractivity contribution in [3.05, 3.63) is 30.1 Å². The second-order valence-corrected chi connectivity index (χ2v) is 9.38. The number of thioether (sulfide) groups is 1. The minimum Gasteiger partial charge on any atom is -0.342 e. The molecule has 0 aromatic carbocycles. The molecule has 0 N–H and O–H groups in total. The van der Waals surface area contributed by atoms with Crippen molar-refractivity contribution in [2.45, 2.75) is 50.7 Å². The van der Waals surface area contributed by atoms with Crippen LogP contribution in [-0.2, 0) is 11.2 Å². The molecule has 2 aliphatic rings. The van der Waals surface area contributed by atoms with Crippen LogP contribution in [0, 0.1) is 5.41 Å². The quantitative estimate of drug-likeness (QED) is 0.731. The molecule has 1 amide bonds. The number of carbonyl (C=O) groups excluding carboxylic acids is 1. The monoisotopic (exact) mass is 375 g/mol. The Morgan fingerprint density at radius 1 is 1.27 bits per heavy atom. The van der Waals surface area contributed by atoms with Crippen molar-refractivity contribution >= 4 is 17.7 Å². The van der Waals surface area contributed by atoms with Gasteiger partial charge in [-0.15, -0.1) is 0 Å². The zero-order valence-corrected chi connectivity index (χ0v) is 17.1. The van der Waals surface area contributed by atoms with Gasteiger partial charge in [0, 0.05) is 37.2 Å². The largest absolute Gasteiger partial charge is 0.342 e. The minimum absolute atomic E-state index is 0.343. The predicted octanol–water partition coefficient (Wildman–Crippen LogP) is 3.47. The molecule has 26 heavy (non-hydrogen) atoms. The number of likely N-dealkylation sites (tertiary alicyclic amines) is 2. The molecule has 1 atom stereocenters. The van der Waals surface area contributed by atoms with Crippen LogP contribution in [0.5, 0.6) is 0 Å². The first-order valence-corrected chi connectivity index (χ1v) is 11.3. The van der Waals surface area contributed by atoms with Crippen LogP contribution >= 0.6 is 11.8 Å². The number of amides is 1. The molecular weight excluding hydrogens is 342 g/mol. The fourth-order valence-corrected chi connectivity index (χ4v) is 4.60. The summed E-state index contributed by atoms with van der Waals surface area (Å²) >= 11 is 1.96. The van der Waals surface area contributed by atoms with Gasteiger partial charge in [-0.05, 0) is 75.0 Å². The van der Waals surface area contributed by atoms with Crippen molar-refractivity contribution in [3.8, 4) is 0 Å². The van der Waals surface area contributed by atoms with Gasteiger partial charge in [0.25, 0.3) is 0 Å². The third kappa shape index (κ3) is 5.23. The zero-order valence-electron chi connectivity index (χ0n) is 16.3. The van der Waals surface area contributed by atoms with E-state index in [1.54, 1.807) is 6.20 Å². The van der Waals surface area contributed by atoms with E-state index in [1.807, 2.05) is 24.0 Å². The molecule has 5 heteroatoms. The van der Waals surface area contributed by atoms with Gasteiger partial charge in [0.1, 0.15) is 0 Å². The maximum Gasteiger partial charge on any atom is 0.222 e. The number of piperidine rings is 2. The summed E-state index contributed by atoms with van der Waals surface area (Å²) in [4.78, 5) is 21.4. The molecule has 1 aromatic heterocycles. The topological polar surface area (TPSA) is 36.4 Å². The number of carbonyl (C=O) groups is 1. The molecule has 0 saturated carbocycles. The number of nitrogens with zero attached hydrogens (tertiary/aromatic N) is 3. The smallest absolute Gasteiger partial charge is 0.222 e. The molecular formula is C21H33N3OS. The van der Waals surface area contributed by atoms with Gasteiger partial charge in [0.15, 0.2) is 0 Å². The van der Waals surface area contributed by atoms with Gasteiger partial charge in [-0.1, -0.05) is 13.0 Å². The van der Waals surface area contributed by atoms with E-state index >= 15 is 0 Å². The lowest BCUT2D eigenvalue weighted by atomic mass is 9.72. The highest BCUT2D eigenvalue weighted by molar-refractivity contribution is 7.99. The first-order valence-electron chi connectivity index (χ1n) is 10.0. The lowest BCUT2D eigenvalue weighted by molar-refractivity contribution is -0.139. The van der Waals surface area contributed by atoms with Gasteiger partial charge in [0.05, 0.1) is 0 Å². The maximum atomic E-state index is 12.4. The average molecular weight is 376 g/mol. The highest BCUT2D eigenvalue weighted by Gasteiger charge is 2.40. The summed E-state index contributed by atoms with van der Waals surface area (Å²) in [5.41, 5.74) is 1.59. The van der Waals surface area contributed by atoms with E-state index in [9.17, 15) is 4.79 Å². The molecule has 2 aliphatic heterocycles. The van der Waals surface area contributed by atoms with Crippen molar-refractivity contribution in [3.63, 3.8) is 0 Å². The maximum absolute atomic E-state index is 12.4. The van der Waals surface area contributed by atoms with Crippen LogP contribution in [0.25, 0.3) is 0 Å². The Morgan fingerprint density at radius 3 is 2.77 bits per heavy atom. The molecule has 3 rings (SSSR count). The lowest BCUT2D eigenvalue weighted by Gasteiger charge is -2.47. The number of hydrogen-bond donors (Lipinski definition) is 0. The molecule has 2 saturated heterocycles. The predicted molar refractivity (Wildman–Crippen MR) is 109 cm³/mol. The van der Waals surface area contributed by atoms with E-state index in [-0.39, 0.29) is 0 Å². The molecule has 0 radical (unpaired) electrons. The summed E-state index contributed by atoms with van der Waals surface area (Å²) in [6, 6.07) is 4.08. The van der Waals surface area contributed by atoms with Crippen LogP contribution in [-0.4, -0.2) is 64.9 Å². The second kappa shape index (κ2) is 9.23. The van der Waals surface area contributed by atoms with Crippen molar-refractivity contribution in [2.75, 3.05) is 39.0 Å². The van der Waals surface area contributed by atoms with Crippen LogP contribution in [0.2, 0.25) is 0 Å². The van der Waals surface area contributed by atoms with Gasteiger partial charge >= 0.3 is 0 Å². The van der Waals surface area contributed by atoms with Crippen LogP contribution in [0.1, 0.15) is 44.6 Å². The summed E-state index contributed by atoms with van der Waals surface area (Å²) < 4.78 is 0. The molecule has 0 unspecified atom stereocenters. The van der Waals surface area contributed by atoms with Crippen LogP contribution in [0.3, 0.4) is 0 Å². The first-order chi connectivity index (χ1) is 12.6. The zero-order chi connectivity index (χ0) is 18.4. The second-order valence-electron chi connectivity index (χ2n) is 8.10. The van der Waals surface area contributed by atoms with Crippen molar-refractivity contribution in [1.82, 2.24) is 14.8 Å². The normalized spacial score (nSPS) is 21.9. The SMILES string of the molecule is CS[C@H](C)CCN1CCC2(CCC(=O)N(CCc3cccnc3)C2)CC1. The number of aromatic nitrogens is 1. The highest BCUT2D eigenvalue weighted by Crippen LogP contribution is 2.40. The molecule has 4 nitrogen and oxygen atoms in total. The summed E-state index contributed by atoms with van der Waals surface area (Å²) in [5, 5.41) is 0.751. The van der Waals surface area contributed by atoms with Gasteiger partial charge in [0.2, 0.25) is 5.91 Å². The van der Waals surface area contributed by atoms with Gasteiger partial charge in [-0.2, -0.15) is 11.8 Å². The van der Waals surface area contributed by atoms with Crippen LogP contribution < -0.4 is 0 Å². The van der Waals surface area contributed by atoms with Gasteiger partial charge in [-0.25, -0.2) is 0 Å². The van der Waals surface area contributed by atoms with Crippen molar-refractivity contribution in [1.29, 1.82) is 0 Å². The standard InChI is InChI=1S/C21H33N3OS/c1-18(26-2)6-12-23-14-9-21(10-15-23)8-5-20(25)24(17-21)13-7-19-4-3-11-22-16-19/h3-4,11,16,18H,5-10,12-15,17H2,1-2H3/t18-/m1/s1. The number of hydrogen-bond acceptors (Lipinski definition) is 4. The van der Waals surface area contributed by atoms with E-state index in [1.165, 1.54) is 44.5 Å². The van der Waals surface area contributed by atoms with Crippen molar-refractivity contribution < 1.29 is 4.79 Å². The Morgan fingerprint density at radius 2 is 2.08 bits per heavy atom. The van der Waals surface area contributed by atoms with Crippen molar-refractivity contribution in [2.24, 2.45) is 5.41 Å². The fourth-order valence-electron chi connectivity index (χ4n) is 4.26. The molecule has 2 fully saturated rings. The molecule has 3 heterocycles. The minimum atomic E-state index is 0.343. The summed E-state index contributed by atoms with van der Waals surface area (Å²) in [5.74, 6) is 0.343. The number of pyridine rings is 1. The summed E-state index contributed by atoms with van der Waals surface area (Å²) in [7, 11) is 0. The van der Waals surface area contributed by atoms with E-state index < -0.39 is 0 Å². The van der Waals surface area contributed by atoms with E-state index in [0.717, 1.165) is 37.6 Å². The number of rotatable bonds is 7. The Bertz CT molecular complexity index is 572. The van der Waals surface area contributed by atoms with Gasteiger partial charge in [-0.3, -0.25) is 9.78 Å². The Kier molecular flexibility index (Phi) is 6.98. The lowest BCUT2D eigenvalue weighted by Crippen LogP contribution is -2.52. The summed E-state index contributed by atoms with van der Waals surface area (Å²) in [6.07, 6.45) is 12.4. The fraction of sp³-hybridized carbons (Fsp3) is 0.714. The third-order valence-electron chi connectivity index (χ3n) is 6.31. The molecule has 144 valence electrons. The highest BCUT2D eigenvalue weighted by atomic mass is 32.2. The summed E-state index contributed by atoms with van der Waals surface area (Å²) in [6.45, 7) is 7.74.